The average molecular weight is 1180 g/mol. The number of Topliss-reactive ketones (excluding diaryl/α,β-unsaturated/α-hetero) is 1. The van der Waals surface area contributed by atoms with Crippen LogP contribution in [0.15, 0.2) is 193 Å². The third kappa shape index (κ3) is 6.97. The van der Waals surface area contributed by atoms with Crippen LogP contribution < -0.4 is 5.32 Å². The van der Waals surface area contributed by atoms with Gasteiger partial charge in [-0.25, -0.2) is 0 Å². The van der Waals surface area contributed by atoms with E-state index in [9.17, 15) is 15.3 Å². The van der Waals surface area contributed by atoms with Crippen molar-refractivity contribution >= 4 is 124 Å². The summed E-state index contributed by atoms with van der Waals surface area (Å²) in [5.74, 6) is -0.211. The highest BCUT2D eigenvalue weighted by atomic mass is 32.1. The van der Waals surface area contributed by atoms with Gasteiger partial charge in [0.15, 0.2) is 5.78 Å². The molecule has 0 fully saturated rings. The molecule has 16 rings (SSSR count). The number of benzene rings is 6. The van der Waals surface area contributed by atoms with Gasteiger partial charge in [-0.3, -0.25) is 4.79 Å². The number of nitrogens with zero attached hydrogens (tertiary/aromatic N) is 2. The van der Waals surface area contributed by atoms with Crippen LogP contribution in [0.3, 0.4) is 0 Å². The zero-order chi connectivity index (χ0) is 55.3. The Morgan fingerprint density at radius 1 is 0.463 bits per heavy atom. The fraction of sp³-hybridized carbons (Fsp3) is 0.0845. The Kier molecular flexibility index (Phi) is 11.2. The highest BCUT2D eigenvalue weighted by Crippen LogP contribution is 2.69. The number of aryl methyl sites for hydroxylation is 4. The molecule has 3 aliphatic carbocycles. The number of rotatable bonds is 8. The van der Waals surface area contributed by atoms with Gasteiger partial charge in [-0.05, 0) is 126 Å². The van der Waals surface area contributed by atoms with E-state index < -0.39 is 10.8 Å². The Morgan fingerprint density at radius 2 is 0.976 bits per heavy atom. The van der Waals surface area contributed by atoms with Gasteiger partial charge in [0.1, 0.15) is 17.7 Å². The van der Waals surface area contributed by atoms with Gasteiger partial charge in [-0.2, -0.15) is 10.5 Å². The lowest BCUT2D eigenvalue weighted by atomic mass is 9.65. The second-order valence-corrected chi connectivity index (χ2v) is 28.8. The van der Waals surface area contributed by atoms with Crippen LogP contribution in [0.4, 0.5) is 5.00 Å². The molecule has 0 amide bonds. The number of nitrogens with one attached hydrogen (secondary N) is 1. The largest absolute Gasteiger partial charge is 0.353 e. The smallest absolute Gasteiger partial charge is 0.195 e. The van der Waals surface area contributed by atoms with Crippen molar-refractivity contribution in [3.8, 4) is 52.5 Å². The molecule has 7 aromatic heterocycles. The minimum Gasteiger partial charge on any atom is -0.353 e. The van der Waals surface area contributed by atoms with Crippen LogP contribution in [0.2, 0.25) is 0 Å². The number of carbonyl (C=O) groups excluding carboxylic acids is 1. The first-order chi connectivity index (χ1) is 40.1. The van der Waals surface area contributed by atoms with E-state index in [-0.39, 0.29) is 11.4 Å². The van der Waals surface area contributed by atoms with Gasteiger partial charge >= 0.3 is 0 Å². The summed E-state index contributed by atoms with van der Waals surface area (Å²) >= 11 is 13.1. The molecular formula is C71H43N3OS7. The van der Waals surface area contributed by atoms with E-state index in [1.165, 1.54) is 130 Å². The second-order valence-electron chi connectivity index (χ2n) is 21.6. The molecule has 0 saturated heterocycles. The SMILES string of the molecule is Cc1ccc(C2(c3ccc(C)cc3)c3cc4c(cc3-c3sc5cc(-c6ccc(N/C=C7\C(=O)c8ccccc8C7=C(C#N)C#N)s6)sc5c32)C(c2ccc(C)cc2)(c2ccc(C)cc2)c2c-4sc3c2sc2cc(-c4cccs4)sc23)cc1. The molecule has 6 aromatic carbocycles. The number of hydrogen-bond acceptors (Lipinski definition) is 11. The predicted octanol–water partition coefficient (Wildman–Crippen LogP) is 20.9. The normalized spacial score (nSPS) is 14.8. The Balaban J connectivity index is 0.926. The molecule has 13 aromatic rings. The van der Waals surface area contributed by atoms with Crippen LogP contribution >= 0.6 is 79.4 Å². The molecule has 1 N–H and O–H groups in total. The summed E-state index contributed by atoms with van der Waals surface area (Å²) in [7, 11) is 0. The minimum absolute atomic E-state index is 0.0834. The van der Waals surface area contributed by atoms with Gasteiger partial charge in [-0.1, -0.05) is 150 Å². The number of carbonyl (C=O) groups is 1. The molecule has 390 valence electrons. The molecule has 0 bridgehead atoms. The summed E-state index contributed by atoms with van der Waals surface area (Å²) in [5.41, 5.74) is 18.4. The maximum absolute atomic E-state index is 13.8. The zero-order valence-corrected chi connectivity index (χ0v) is 50.2. The first-order valence-electron chi connectivity index (χ1n) is 26.9. The Bertz CT molecular complexity index is 4900. The Labute approximate surface area is 501 Å². The van der Waals surface area contributed by atoms with Gasteiger partial charge in [0, 0.05) is 72.7 Å². The molecule has 0 atom stereocenters. The number of fused-ring (bicyclic) bond motifs is 13. The molecule has 7 heterocycles. The summed E-state index contributed by atoms with van der Waals surface area (Å²) < 4.78 is 8.05. The first-order valence-corrected chi connectivity index (χ1v) is 32.7. The van der Waals surface area contributed by atoms with Crippen molar-refractivity contribution in [1.82, 2.24) is 0 Å². The van der Waals surface area contributed by atoms with Crippen LogP contribution in [-0.2, 0) is 10.8 Å². The molecule has 4 nitrogen and oxygen atoms in total. The third-order valence-corrected chi connectivity index (χ3v) is 25.6. The Hall–Kier alpha value is -8.07. The maximum atomic E-state index is 13.8. The summed E-state index contributed by atoms with van der Waals surface area (Å²) in [6, 6.07) is 67.4. The molecule has 0 spiro atoms. The van der Waals surface area contributed by atoms with E-state index >= 15 is 0 Å². The van der Waals surface area contributed by atoms with E-state index in [0.717, 1.165) is 9.88 Å². The van der Waals surface area contributed by atoms with Crippen LogP contribution in [0.1, 0.15) is 82.7 Å². The van der Waals surface area contributed by atoms with Gasteiger partial charge in [-0.15, -0.1) is 79.4 Å². The molecule has 0 radical (unpaired) electrons. The standard InChI is InChI=1S/C71H43N3OS7/c1-37-11-19-42(20-12-37)70(43-21-13-38(2)14-22-43)51-31-49-52(71(44-23-15-39(3)16-24-44,45-25-17-40(4)18-26-45)62-65(49)82-69-67-58(81-68(62)69)32-55(79-67)53-10-7-29-76-53)30-48(51)64-61(70)66-57(80-64)33-56(78-66)54-27-28-59(77-54)74-36-50-60(41(34-72)35-73)46-8-5-6-9-47(46)63(50)75/h5-33,36,74H,1-4H3/b50-36-. The second kappa shape index (κ2) is 18.5. The number of ketones is 1. The van der Waals surface area contributed by atoms with E-state index in [0.29, 0.717) is 22.3 Å². The van der Waals surface area contributed by atoms with Crippen LogP contribution in [-0.4, -0.2) is 5.78 Å². The van der Waals surface area contributed by atoms with E-state index in [4.69, 9.17) is 0 Å². The summed E-state index contributed by atoms with van der Waals surface area (Å²) in [6.45, 7) is 8.75. The van der Waals surface area contributed by atoms with Crippen molar-refractivity contribution in [3.05, 3.63) is 270 Å². The molecule has 0 aliphatic heterocycles. The number of allylic oxidation sites excluding steroid dienone is 3. The van der Waals surface area contributed by atoms with Crippen molar-refractivity contribution in [2.24, 2.45) is 0 Å². The van der Waals surface area contributed by atoms with E-state index in [1.807, 2.05) is 92.3 Å². The fourth-order valence-electron chi connectivity index (χ4n) is 13.1. The van der Waals surface area contributed by atoms with Gasteiger partial charge < -0.3 is 5.32 Å². The van der Waals surface area contributed by atoms with Crippen molar-refractivity contribution < 1.29 is 4.79 Å². The fourth-order valence-corrected chi connectivity index (χ4v) is 22.1. The van der Waals surface area contributed by atoms with Crippen molar-refractivity contribution in [2.75, 3.05) is 5.32 Å². The molecule has 0 unspecified atom stereocenters. The molecular weight excluding hydrogens is 1140 g/mol. The maximum Gasteiger partial charge on any atom is 0.195 e. The predicted molar refractivity (Wildman–Crippen MR) is 349 cm³/mol. The molecule has 82 heavy (non-hydrogen) atoms. The van der Waals surface area contributed by atoms with Gasteiger partial charge in [0.2, 0.25) is 0 Å². The van der Waals surface area contributed by atoms with Crippen LogP contribution in [0, 0.1) is 50.4 Å². The third-order valence-electron chi connectivity index (χ3n) is 16.9. The zero-order valence-electron chi connectivity index (χ0n) is 44.5. The van der Waals surface area contributed by atoms with E-state index in [2.05, 4.69) is 178 Å². The van der Waals surface area contributed by atoms with Crippen LogP contribution in [0.5, 0.6) is 0 Å². The number of anilines is 1. The monoisotopic (exact) mass is 1180 g/mol. The summed E-state index contributed by atoms with van der Waals surface area (Å²) in [5, 5.41) is 26.3. The number of hydrogen-bond donors (Lipinski definition) is 1. The first kappa shape index (κ1) is 49.7. The lowest BCUT2D eigenvalue weighted by Gasteiger charge is -2.35. The minimum atomic E-state index is -0.664. The number of thiophene rings is 7. The average Bonchev–Trinajstić information content (AvgIpc) is 1.62. The molecule has 0 saturated carbocycles. The van der Waals surface area contributed by atoms with Crippen molar-refractivity contribution in [3.63, 3.8) is 0 Å². The lowest BCUT2D eigenvalue weighted by Crippen LogP contribution is -2.30. The highest BCUT2D eigenvalue weighted by molar-refractivity contribution is 7.41. The molecule has 11 heteroatoms. The van der Waals surface area contributed by atoms with Crippen molar-refractivity contribution in [1.29, 1.82) is 10.5 Å². The molecule has 3 aliphatic rings. The lowest BCUT2D eigenvalue weighted by molar-refractivity contribution is 0.104. The van der Waals surface area contributed by atoms with Gasteiger partial charge in [0.05, 0.1) is 34.6 Å². The summed E-state index contributed by atoms with van der Waals surface area (Å²) in [6.07, 6.45) is 1.66. The van der Waals surface area contributed by atoms with E-state index in [1.54, 1.807) is 35.7 Å². The van der Waals surface area contributed by atoms with Crippen molar-refractivity contribution in [2.45, 2.75) is 38.5 Å². The Morgan fingerprint density at radius 3 is 1.52 bits per heavy atom. The van der Waals surface area contributed by atoms with Gasteiger partial charge in [0.25, 0.3) is 0 Å². The van der Waals surface area contributed by atoms with Crippen LogP contribution in [0.25, 0.3) is 74.2 Å². The summed E-state index contributed by atoms with van der Waals surface area (Å²) in [4.78, 5) is 21.4. The quantitative estimate of drug-likeness (QED) is 0.121. The topological polar surface area (TPSA) is 76.7 Å². The highest BCUT2D eigenvalue weighted by Gasteiger charge is 2.54. The number of nitriles is 2.